The van der Waals surface area contributed by atoms with Gasteiger partial charge in [-0.2, -0.15) is 0 Å². The summed E-state index contributed by atoms with van der Waals surface area (Å²) in [6.45, 7) is 0.0607. The largest absolute Gasteiger partial charge is 0.483 e. The summed E-state index contributed by atoms with van der Waals surface area (Å²) in [5.74, 6) is 0.776. The van der Waals surface area contributed by atoms with E-state index in [1.165, 1.54) is 0 Å². The molecule has 110 valence electrons. The van der Waals surface area contributed by atoms with E-state index in [0.717, 1.165) is 21.4 Å². The molecule has 21 heavy (non-hydrogen) atoms. The number of hydrogen-bond acceptors (Lipinski definition) is 3. The van der Waals surface area contributed by atoms with Crippen LogP contribution in [0.3, 0.4) is 0 Å². The molecule has 0 N–H and O–H groups in total. The fraction of sp³-hybridized carbons (Fsp3) is 0.133. The van der Waals surface area contributed by atoms with Crippen molar-refractivity contribution in [2.24, 2.45) is 0 Å². The SMILES string of the molecule is CSc1ccc(C(=O)COc2c(I)cc(I)cc2I)cc1. The molecule has 0 unspecified atom stereocenters. The summed E-state index contributed by atoms with van der Waals surface area (Å²) in [7, 11) is 0. The molecule has 0 aliphatic heterocycles. The molecule has 2 nitrogen and oxygen atoms in total. The van der Waals surface area contributed by atoms with Crippen LogP contribution in [0.5, 0.6) is 5.75 Å². The molecular formula is C15H11I3O2S. The molecule has 0 radical (unpaired) electrons. The molecule has 0 amide bonds. The van der Waals surface area contributed by atoms with Crippen molar-refractivity contribution in [1.29, 1.82) is 0 Å². The number of Topliss-reactive ketones (excluding diaryl/α,β-unsaturated/α-hetero) is 1. The average molecular weight is 636 g/mol. The summed E-state index contributed by atoms with van der Waals surface area (Å²) < 4.78 is 8.93. The third kappa shape index (κ3) is 4.96. The maximum absolute atomic E-state index is 12.2. The molecule has 2 rings (SSSR count). The Labute approximate surface area is 169 Å². The molecule has 0 fully saturated rings. The van der Waals surface area contributed by atoms with Crippen molar-refractivity contribution in [3.8, 4) is 5.75 Å². The molecule has 6 heteroatoms. The quantitative estimate of drug-likeness (QED) is 0.247. The van der Waals surface area contributed by atoms with Gasteiger partial charge < -0.3 is 4.74 Å². The summed E-state index contributed by atoms with van der Waals surface area (Å²) in [6.07, 6.45) is 2.01. The lowest BCUT2D eigenvalue weighted by atomic mass is 10.1. The van der Waals surface area contributed by atoms with Crippen LogP contribution in [0, 0.1) is 10.7 Å². The van der Waals surface area contributed by atoms with E-state index in [-0.39, 0.29) is 12.4 Å². The van der Waals surface area contributed by atoms with Gasteiger partial charge in [0.15, 0.2) is 12.4 Å². The summed E-state index contributed by atoms with van der Waals surface area (Å²) in [5, 5.41) is 0. The molecule has 0 spiro atoms. The van der Waals surface area contributed by atoms with Gasteiger partial charge >= 0.3 is 0 Å². The molecule has 0 aliphatic carbocycles. The first-order valence-electron chi connectivity index (χ1n) is 5.96. The van der Waals surface area contributed by atoms with Crippen molar-refractivity contribution in [1.82, 2.24) is 0 Å². The predicted octanol–water partition coefficient (Wildman–Crippen LogP) is 5.48. The third-order valence-corrected chi connectivity index (χ3v) is 5.69. The van der Waals surface area contributed by atoms with Gasteiger partial charge in [-0.3, -0.25) is 4.79 Å². The Balaban J connectivity index is 2.07. The van der Waals surface area contributed by atoms with E-state index in [2.05, 4.69) is 67.8 Å². The van der Waals surface area contributed by atoms with Crippen LogP contribution in [0.15, 0.2) is 41.3 Å². The van der Waals surface area contributed by atoms with Gasteiger partial charge in [-0.1, -0.05) is 12.1 Å². The van der Waals surface area contributed by atoms with Crippen LogP contribution in [0.25, 0.3) is 0 Å². The van der Waals surface area contributed by atoms with Gasteiger partial charge in [0, 0.05) is 14.0 Å². The van der Waals surface area contributed by atoms with Gasteiger partial charge in [0.05, 0.1) is 7.14 Å². The highest BCUT2D eigenvalue weighted by molar-refractivity contribution is 14.1. The topological polar surface area (TPSA) is 26.3 Å². The molecule has 0 saturated carbocycles. The van der Waals surface area contributed by atoms with Crippen LogP contribution < -0.4 is 4.74 Å². The minimum Gasteiger partial charge on any atom is -0.483 e. The zero-order chi connectivity index (χ0) is 15.4. The van der Waals surface area contributed by atoms with E-state index in [0.29, 0.717) is 5.56 Å². The highest BCUT2D eigenvalue weighted by Gasteiger charge is 2.12. The summed E-state index contributed by atoms with van der Waals surface area (Å²) in [6, 6.07) is 11.7. The minimum atomic E-state index is -0.00666. The Hall–Kier alpha value is 0.450. The molecule has 0 aliphatic rings. The van der Waals surface area contributed by atoms with E-state index < -0.39 is 0 Å². The molecule has 0 atom stereocenters. The Morgan fingerprint density at radius 3 is 2.19 bits per heavy atom. The van der Waals surface area contributed by atoms with E-state index >= 15 is 0 Å². The lowest BCUT2D eigenvalue weighted by molar-refractivity contribution is 0.0920. The first-order chi connectivity index (χ1) is 10.0. The number of hydrogen-bond donors (Lipinski definition) is 0. The first kappa shape index (κ1) is 17.8. The summed E-state index contributed by atoms with van der Waals surface area (Å²) in [4.78, 5) is 13.3. The van der Waals surface area contributed by atoms with Gasteiger partial charge in [0.25, 0.3) is 0 Å². The smallest absolute Gasteiger partial charge is 0.200 e. The van der Waals surface area contributed by atoms with E-state index in [4.69, 9.17) is 4.74 Å². The van der Waals surface area contributed by atoms with Crippen LogP contribution in [0.2, 0.25) is 0 Å². The summed E-state index contributed by atoms with van der Waals surface area (Å²) in [5.41, 5.74) is 0.684. The standard InChI is InChI=1S/C15H11I3O2S/c1-21-11-4-2-9(3-5-11)14(19)8-20-15-12(17)6-10(16)7-13(15)18/h2-7H,8H2,1H3. The van der Waals surface area contributed by atoms with Crippen molar-refractivity contribution in [2.45, 2.75) is 4.90 Å². The lowest BCUT2D eigenvalue weighted by Crippen LogP contribution is -2.12. The van der Waals surface area contributed by atoms with E-state index in [1.54, 1.807) is 11.8 Å². The second kappa shape index (κ2) is 8.34. The summed E-state index contributed by atoms with van der Waals surface area (Å²) >= 11 is 8.40. The molecule has 0 heterocycles. The number of carbonyl (C=O) groups excluding carboxylic acids is 1. The second-order valence-corrected chi connectivity index (χ2v) is 8.59. The number of benzene rings is 2. The third-order valence-electron chi connectivity index (χ3n) is 2.72. The van der Waals surface area contributed by atoms with E-state index in [1.807, 2.05) is 42.7 Å². The predicted molar refractivity (Wildman–Crippen MR) is 113 cm³/mol. The van der Waals surface area contributed by atoms with Gasteiger partial charge in [0.2, 0.25) is 0 Å². The Bertz CT molecular complexity index is 633. The molecule has 0 bridgehead atoms. The fourth-order valence-electron chi connectivity index (χ4n) is 1.66. The number of rotatable bonds is 5. The number of ketones is 1. The Kier molecular flexibility index (Phi) is 7.07. The number of halogens is 3. The van der Waals surface area contributed by atoms with E-state index in [9.17, 15) is 4.79 Å². The Morgan fingerprint density at radius 1 is 1.10 bits per heavy atom. The average Bonchev–Trinajstić information content (AvgIpc) is 2.46. The normalized spacial score (nSPS) is 10.5. The van der Waals surface area contributed by atoms with Crippen molar-refractivity contribution >= 4 is 85.3 Å². The van der Waals surface area contributed by atoms with Crippen LogP contribution in [-0.2, 0) is 0 Å². The maximum atomic E-state index is 12.2. The molecule has 0 aromatic heterocycles. The number of thioether (sulfide) groups is 1. The zero-order valence-corrected chi connectivity index (χ0v) is 18.3. The molecular weight excluding hydrogens is 625 g/mol. The van der Waals surface area contributed by atoms with Crippen LogP contribution in [0.4, 0.5) is 0 Å². The lowest BCUT2D eigenvalue weighted by Gasteiger charge is -2.10. The number of carbonyl (C=O) groups is 1. The van der Waals surface area contributed by atoms with Gasteiger partial charge in [-0.05, 0) is 98.3 Å². The van der Waals surface area contributed by atoms with Crippen molar-refractivity contribution in [3.05, 3.63) is 52.7 Å². The first-order valence-corrected chi connectivity index (χ1v) is 10.4. The Morgan fingerprint density at radius 2 is 1.67 bits per heavy atom. The molecule has 2 aromatic carbocycles. The maximum Gasteiger partial charge on any atom is 0.200 e. The minimum absolute atomic E-state index is 0.00666. The molecule has 0 saturated heterocycles. The van der Waals surface area contributed by atoms with Crippen molar-refractivity contribution < 1.29 is 9.53 Å². The molecule has 2 aromatic rings. The van der Waals surface area contributed by atoms with Gasteiger partial charge in [-0.15, -0.1) is 11.8 Å². The fourth-order valence-corrected chi connectivity index (χ4v) is 5.97. The van der Waals surface area contributed by atoms with Crippen molar-refractivity contribution in [3.63, 3.8) is 0 Å². The number of ether oxygens (including phenoxy) is 1. The monoisotopic (exact) mass is 636 g/mol. The van der Waals surface area contributed by atoms with Crippen molar-refractivity contribution in [2.75, 3.05) is 12.9 Å². The van der Waals surface area contributed by atoms with Crippen LogP contribution in [0.1, 0.15) is 10.4 Å². The second-order valence-electron chi connectivity index (χ2n) is 4.14. The van der Waals surface area contributed by atoms with Crippen LogP contribution in [-0.4, -0.2) is 18.6 Å². The van der Waals surface area contributed by atoms with Gasteiger partial charge in [-0.25, -0.2) is 0 Å². The highest BCUT2D eigenvalue weighted by atomic mass is 127. The highest BCUT2D eigenvalue weighted by Crippen LogP contribution is 2.29. The zero-order valence-electron chi connectivity index (χ0n) is 11.0. The van der Waals surface area contributed by atoms with Gasteiger partial charge in [0.1, 0.15) is 5.75 Å². The van der Waals surface area contributed by atoms with Crippen LogP contribution >= 0.6 is 79.5 Å².